The predicted molar refractivity (Wildman–Crippen MR) is 296 cm³/mol. The summed E-state index contributed by atoms with van der Waals surface area (Å²) in [6, 6.07) is 18.5. The Morgan fingerprint density at radius 2 is 0.614 bits per heavy atom. The van der Waals surface area contributed by atoms with Crippen LogP contribution >= 0.6 is 0 Å². The molecule has 7 aromatic heterocycles. The van der Waals surface area contributed by atoms with Crippen LogP contribution in [-0.2, 0) is 38.8 Å². The van der Waals surface area contributed by atoms with Crippen LogP contribution in [0.1, 0.15) is 184 Å². The van der Waals surface area contributed by atoms with Crippen molar-refractivity contribution in [3.05, 3.63) is 195 Å². The number of carboxylic acids is 7. The summed E-state index contributed by atoms with van der Waals surface area (Å²) >= 11 is 0. The molecule has 0 saturated carbocycles. The Bertz CT molecular complexity index is 2910. The Morgan fingerprint density at radius 3 is 0.818 bits per heavy atom. The zero-order valence-corrected chi connectivity index (χ0v) is 42.9. The highest BCUT2D eigenvalue weighted by Gasteiger charge is 2.17. The van der Waals surface area contributed by atoms with E-state index in [0.29, 0.717) is 55.1 Å². The van der Waals surface area contributed by atoms with E-state index in [2.05, 4.69) is 27.1 Å². The lowest BCUT2D eigenvalue weighted by atomic mass is 10.4. The number of rotatable bonds is 18. The maximum Gasteiger partial charge on any atom is 0.374 e. The molecule has 0 aliphatic carbocycles. The summed E-state index contributed by atoms with van der Waals surface area (Å²) in [4.78, 5) is 165. The van der Waals surface area contributed by atoms with Crippen molar-refractivity contribution in [3.8, 4) is 0 Å². The Kier molecular flexibility index (Phi) is 52.8. The highest BCUT2D eigenvalue weighted by atomic mass is 16.7. The van der Waals surface area contributed by atoms with E-state index in [0.717, 1.165) is 36.4 Å². The number of hydrogen-bond acceptors (Lipinski definition) is 29. The average Bonchev–Trinajstić information content (AvgIpc) is 4.36. The highest BCUT2D eigenvalue weighted by Crippen LogP contribution is 2.12. The summed E-state index contributed by atoms with van der Waals surface area (Å²) in [5, 5.41) is 66.7. The number of furan rings is 7. The van der Waals surface area contributed by atoms with Crippen LogP contribution < -0.4 is 0 Å². The Morgan fingerprint density at radius 1 is 0.364 bits per heavy atom. The number of carbonyl (C=O) groups excluding carboxylic acids is 5. The summed E-state index contributed by atoms with van der Waals surface area (Å²) in [6.07, 6.45) is 1.87. The van der Waals surface area contributed by atoms with Crippen molar-refractivity contribution >= 4 is 72.6 Å². The minimum atomic E-state index is -1.28. The predicted octanol–water partition coefficient (Wildman–Crippen LogP) is 9.30. The van der Waals surface area contributed by atoms with Crippen LogP contribution in [0.5, 0.6) is 0 Å². The third kappa shape index (κ3) is 37.1. The molecule has 0 spiro atoms. The lowest BCUT2D eigenvalue weighted by Crippen LogP contribution is -2.03. The highest BCUT2D eigenvalue weighted by molar-refractivity contribution is 5.91. The van der Waals surface area contributed by atoms with Crippen LogP contribution in [0, 0.1) is 29.8 Å². The molecule has 36 heteroatoms. The van der Waals surface area contributed by atoms with Crippen molar-refractivity contribution in [3.63, 3.8) is 0 Å². The second kappa shape index (κ2) is 51.8. The summed E-state index contributed by atoms with van der Waals surface area (Å²) in [6.45, 7) is 6.09. The van der Waals surface area contributed by atoms with Crippen LogP contribution in [0.2, 0.25) is 0 Å². The number of carboxylic acid groups (broad SMARTS) is 7. The molecule has 0 aromatic carbocycles. The van der Waals surface area contributed by atoms with Gasteiger partial charge in [0.05, 0.1) is 6.61 Å². The number of ether oxygens (including phenoxy) is 3. The smallest absolute Gasteiger partial charge is 0.374 e. The van der Waals surface area contributed by atoms with Crippen LogP contribution in [-0.4, -0.2) is 127 Å². The molecule has 7 heterocycles. The van der Waals surface area contributed by atoms with Gasteiger partial charge in [-0.15, -0.1) is 0 Å². The maximum absolute atomic E-state index is 11.0. The third-order valence-corrected chi connectivity index (χ3v) is 7.79. The molecular weight excluding hydrogens is 1200 g/mol. The maximum atomic E-state index is 11.0. The van der Waals surface area contributed by atoms with Crippen molar-refractivity contribution < 1.29 is 144 Å². The standard InChI is InChI=1S/C8H8O5.C8H8O4.C8H10O3.3C6H4O5.C6H6O3.4CH4.3O2/c1-2-12-8(11)6-4-3-5(13-6)7(9)10;1-6(10)11-5-8-3-2-7(4-9)12-8;1-2-10-6-8-4-3-7(5-9)11-8;3*7-5(8)3-1-2-4(11-3)6(9)10;7-3-5-1-2-6(4-8)9-5;;;;;3*1-2/h3-4H,2H2,1H3,(H,9,10);2-4H,5H2,1H3;3-5H,2,6H2,1H3;3*1-2H,(H,7,8)(H,9,10);1-3,8H,4H2;4*1H4;;;. The van der Waals surface area contributed by atoms with Gasteiger partial charge >= 0.3 is 53.7 Å². The Balaban J connectivity index is -0.000000170. The first-order valence-corrected chi connectivity index (χ1v) is 21.6. The summed E-state index contributed by atoms with van der Waals surface area (Å²) in [7, 11) is 0. The van der Waals surface area contributed by atoms with Crippen LogP contribution in [0.25, 0.3) is 0 Å². The number of hydrogen-bond donors (Lipinski definition) is 8. The van der Waals surface area contributed by atoms with E-state index in [-0.39, 0.29) is 113 Å². The molecular formula is C52H60O36. The van der Waals surface area contributed by atoms with Gasteiger partial charge in [-0.2, -0.15) is 0 Å². The lowest BCUT2D eigenvalue weighted by Gasteiger charge is -1.96. The van der Waals surface area contributed by atoms with Gasteiger partial charge < -0.3 is 86.0 Å². The van der Waals surface area contributed by atoms with E-state index in [9.17, 15) is 57.5 Å². The van der Waals surface area contributed by atoms with Gasteiger partial charge in [0.1, 0.15) is 37.1 Å². The SMILES string of the molecule is C.C.C.C.CC(=O)OCc1ccc(C=O)o1.CCOC(=O)c1ccc(C(=O)O)o1.CCOCc1ccc(C=O)o1.O=C(O)c1ccc(C(=O)O)o1.O=C(O)c1ccc(C(=O)O)o1.O=C(O)c1ccc(C(=O)O)o1.O=Cc1ccc(CO)o1.O=O.O=O.O=O. The van der Waals surface area contributed by atoms with E-state index in [1.165, 1.54) is 31.2 Å². The van der Waals surface area contributed by atoms with Crippen LogP contribution in [0.4, 0.5) is 0 Å². The van der Waals surface area contributed by atoms with Crippen molar-refractivity contribution in [1.82, 2.24) is 0 Å². The first-order chi connectivity index (χ1) is 39.9. The van der Waals surface area contributed by atoms with Crippen molar-refractivity contribution in [2.24, 2.45) is 0 Å². The molecule has 0 amide bonds. The number of aldehydes is 3. The van der Waals surface area contributed by atoms with Crippen molar-refractivity contribution in [1.29, 1.82) is 0 Å². The molecule has 484 valence electrons. The van der Waals surface area contributed by atoms with Gasteiger partial charge in [-0.1, -0.05) is 29.7 Å². The van der Waals surface area contributed by atoms with E-state index < -0.39 is 47.8 Å². The molecule has 0 radical (unpaired) electrons. The Hall–Kier alpha value is -12.1. The molecule has 0 unspecified atom stereocenters. The van der Waals surface area contributed by atoms with Gasteiger partial charge in [0.25, 0.3) is 0 Å². The first kappa shape index (κ1) is 89.7. The lowest BCUT2D eigenvalue weighted by molar-refractivity contribution is -0.142. The third-order valence-electron chi connectivity index (χ3n) is 7.79. The van der Waals surface area contributed by atoms with Gasteiger partial charge in [0.15, 0.2) is 36.1 Å². The Labute approximate surface area is 494 Å². The quantitative estimate of drug-likeness (QED) is 0.0293. The van der Waals surface area contributed by atoms with Crippen molar-refractivity contribution in [2.45, 2.75) is 70.3 Å². The van der Waals surface area contributed by atoms with Crippen LogP contribution in [0.15, 0.2) is 116 Å². The van der Waals surface area contributed by atoms with Crippen LogP contribution in [0.3, 0.4) is 0 Å². The minimum absolute atomic E-state index is 0. The zero-order valence-electron chi connectivity index (χ0n) is 42.9. The molecule has 0 atom stereocenters. The number of aliphatic hydroxyl groups is 1. The van der Waals surface area contributed by atoms with Gasteiger partial charge in [0.2, 0.25) is 46.1 Å². The largest absolute Gasteiger partial charge is 0.475 e. The molecule has 36 nitrogen and oxygen atoms in total. The van der Waals surface area contributed by atoms with Gasteiger partial charge in [-0.3, -0.25) is 19.2 Å². The van der Waals surface area contributed by atoms with E-state index >= 15 is 0 Å². The van der Waals surface area contributed by atoms with Gasteiger partial charge in [-0.25, -0.2) is 38.4 Å². The molecule has 88 heavy (non-hydrogen) atoms. The van der Waals surface area contributed by atoms with Gasteiger partial charge in [-0.05, 0) is 98.8 Å². The second-order valence-corrected chi connectivity index (χ2v) is 13.4. The minimum Gasteiger partial charge on any atom is -0.475 e. The topological polar surface area (TPSA) is 589 Å². The first-order valence-electron chi connectivity index (χ1n) is 21.6. The molecule has 7 aromatic rings. The number of esters is 2. The van der Waals surface area contributed by atoms with Crippen molar-refractivity contribution in [2.75, 3.05) is 13.2 Å². The molecule has 0 bridgehead atoms. The molecule has 8 N–H and O–H groups in total. The average molecular weight is 1260 g/mol. The normalized spacial score (nSPS) is 8.59. The summed E-state index contributed by atoms with van der Waals surface area (Å²) in [5.74, 6) is -10.1. The monoisotopic (exact) mass is 1260 g/mol. The number of aromatic carboxylic acids is 7. The molecule has 7 rings (SSSR count). The fourth-order valence-corrected chi connectivity index (χ4v) is 4.46. The summed E-state index contributed by atoms with van der Waals surface area (Å²) in [5.41, 5.74) is 0. The fraction of sp³-hybridized carbons (Fsp3) is 0.231. The summed E-state index contributed by atoms with van der Waals surface area (Å²) < 4.78 is 47.0. The van der Waals surface area contributed by atoms with E-state index in [1.54, 1.807) is 31.2 Å². The van der Waals surface area contributed by atoms with E-state index in [4.69, 9.17) is 88.6 Å². The molecule has 0 aliphatic heterocycles. The van der Waals surface area contributed by atoms with E-state index in [1.807, 2.05) is 6.92 Å². The number of carbonyl (C=O) groups is 12. The zero-order chi connectivity index (χ0) is 64.9. The molecule has 0 saturated heterocycles. The second-order valence-electron chi connectivity index (χ2n) is 13.4. The van der Waals surface area contributed by atoms with Gasteiger partial charge in [0, 0.05) is 43.3 Å². The molecule has 0 aliphatic rings. The molecule has 0 fully saturated rings. The fourth-order valence-electron chi connectivity index (χ4n) is 4.46. The number of aliphatic hydroxyl groups excluding tert-OH is 1.